The zero-order valence-corrected chi connectivity index (χ0v) is 12.6. The second-order valence-electron chi connectivity index (χ2n) is 4.37. The minimum absolute atomic E-state index is 0.697. The summed E-state index contributed by atoms with van der Waals surface area (Å²) >= 11 is 3.47. The van der Waals surface area contributed by atoms with Crippen LogP contribution >= 0.6 is 15.9 Å². The molecule has 2 N–H and O–H groups in total. The molecule has 6 heteroatoms. The second-order valence-corrected chi connectivity index (χ2v) is 5.28. The van der Waals surface area contributed by atoms with E-state index in [4.69, 9.17) is 0 Å². The number of nitrogens with zero attached hydrogens (tertiary/aromatic N) is 3. The smallest absolute Gasteiger partial charge is 0.180 e. The van der Waals surface area contributed by atoms with Crippen molar-refractivity contribution in [3.8, 4) is 0 Å². The van der Waals surface area contributed by atoms with Crippen LogP contribution in [0.25, 0.3) is 5.65 Å². The molecule has 20 heavy (non-hydrogen) atoms. The van der Waals surface area contributed by atoms with Crippen molar-refractivity contribution in [2.24, 2.45) is 0 Å². The largest absolute Gasteiger partial charge is 0.372 e. The monoisotopic (exact) mass is 331 g/mol. The fraction of sp³-hybridized carbons (Fsp3) is 0.143. The molecule has 0 saturated heterocycles. The molecule has 0 aliphatic carbocycles. The molecule has 0 unspecified atom stereocenters. The summed E-state index contributed by atoms with van der Waals surface area (Å²) in [6.45, 7) is 0.697. The zero-order chi connectivity index (χ0) is 13.9. The van der Waals surface area contributed by atoms with Gasteiger partial charge >= 0.3 is 0 Å². The molecule has 2 aromatic heterocycles. The van der Waals surface area contributed by atoms with Gasteiger partial charge in [-0.1, -0.05) is 28.1 Å². The molecule has 0 saturated carbocycles. The molecule has 0 amide bonds. The van der Waals surface area contributed by atoms with Crippen LogP contribution in [0.1, 0.15) is 5.56 Å². The topological polar surface area (TPSA) is 54.2 Å². The first-order valence-electron chi connectivity index (χ1n) is 6.26. The number of halogens is 1. The van der Waals surface area contributed by atoms with E-state index >= 15 is 0 Å². The summed E-state index contributed by atoms with van der Waals surface area (Å²) in [4.78, 5) is 8.84. The molecule has 3 rings (SSSR count). The molecule has 5 nitrogen and oxygen atoms in total. The van der Waals surface area contributed by atoms with Crippen molar-refractivity contribution in [3.63, 3.8) is 0 Å². The van der Waals surface area contributed by atoms with Gasteiger partial charge < -0.3 is 15.0 Å². The minimum Gasteiger partial charge on any atom is -0.372 e. The van der Waals surface area contributed by atoms with Gasteiger partial charge in [0.2, 0.25) is 0 Å². The third-order valence-corrected chi connectivity index (χ3v) is 3.47. The van der Waals surface area contributed by atoms with E-state index in [0.29, 0.717) is 6.54 Å². The van der Waals surface area contributed by atoms with Crippen molar-refractivity contribution >= 4 is 33.2 Å². The van der Waals surface area contributed by atoms with Gasteiger partial charge in [0.15, 0.2) is 11.5 Å². The van der Waals surface area contributed by atoms with Gasteiger partial charge in [-0.25, -0.2) is 9.97 Å². The Balaban J connectivity index is 1.88. The van der Waals surface area contributed by atoms with E-state index in [0.717, 1.165) is 21.8 Å². The molecular formula is C14H14BrN5. The molecule has 1 aromatic carbocycles. The molecular weight excluding hydrogens is 318 g/mol. The second kappa shape index (κ2) is 5.50. The summed E-state index contributed by atoms with van der Waals surface area (Å²) in [5.41, 5.74) is 2.00. The molecule has 2 heterocycles. The van der Waals surface area contributed by atoms with E-state index in [1.807, 2.05) is 36.0 Å². The van der Waals surface area contributed by atoms with Crippen LogP contribution in [-0.4, -0.2) is 21.4 Å². The number of nitrogens with one attached hydrogen (secondary N) is 2. The van der Waals surface area contributed by atoms with Gasteiger partial charge in [0.1, 0.15) is 5.82 Å². The number of hydrogen-bond acceptors (Lipinski definition) is 4. The van der Waals surface area contributed by atoms with Gasteiger partial charge in [0.05, 0.1) is 6.20 Å². The van der Waals surface area contributed by atoms with Crippen LogP contribution in [0.3, 0.4) is 0 Å². The number of imidazole rings is 1. The summed E-state index contributed by atoms with van der Waals surface area (Å²) in [5.74, 6) is 1.56. The van der Waals surface area contributed by atoms with E-state index < -0.39 is 0 Å². The molecule has 102 valence electrons. The Morgan fingerprint density at radius 1 is 1.35 bits per heavy atom. The quantitative estimate of drug-likeness (QED) is 0.771. The predicted octanol–water partition coefficient (Wildman–Crippen LogP) is 3.15. The fourth-order valence-electron chi connectivity index (χ4n) is 2.00. The van der Waals surface area contributed by atoms with E-state index in [9.17, 15) is 0 Å². The SMILES string of the molecule is CNc1cn2ccnc2c(NCc2cccc(Br)c2)n1. The highest BCUT2D eigenvalue weighted by molar-refractivity contribution is 9.10. The zero-order valence-electron chi connectivity index (χ0n) is 11.0. The first kappa shape index (κ1) is 12.9. The Kier molecular flexibility index (Phi) is 3.56. The Bertz CT molecular complexity index is 737. The lowest BCUT2D eigenvalue weighted by molar-refractivity contribution is 1.07. The lowest BCUT2D eigenvalue weighted by atomic mass is 10.2. The average molecular weight is 332 g/mol. The normalized spacial score (nSPS) is 10.7. The number of fused-ring (bicyclic) bond motifs is 1. The summed E-state index contributed by atoms with van der Waals surface area (Å²) < 4.78 is 3.02. The first-order valence-corrected chi connectivity index (χ1v) is 7.05. The van der Waals surface area contributed by atoms with Crippen LogP contribution in [0.5, 0.6) is 0 Å². The summed E-state index contributed by atoms with van der Waals surface area (Å²) in [7, 11) is 1.85. The van der Waals surface area contributed by atoms with Crippen molar-refractivity contribution < 1.29 is 0 Å². The van der Waals surface area contributed by atoms with Gasteiger partial charge in [-0.05, 0) is 17.7 Å². The first-order chi connectivity index (χ1) is 9.76. The van der Waals surface area contributed by atoms with Crippen molar-refractivity contribution in [1.29, 1.82) is 0 Å². The average Bonchev–Trinajstić information content (AvgIpc) is 2.93. The van der Waals surface area contributed by atoms with E-state index in [1.54, 1.807) is 6.20 Å². The van der Waals surface area contributed by atoms with Crippen LogP contribution in [0.4, 0.5) is 11.6 Å². The molecule has 0 atom stereocenters. The number of anilines is 2. The predicted molar refractivity (Wildman–Crippen MR) is 84.0 cm³/mol. The van der Waals surface area contributed by atoms with Gasteiger partial charge in [-0.3, -0.25) is 0 Å². The summed E-state index contributed by atoms with van der Waals surface area (Å²) in [6.07, 6.45) is 5.58. The van der Waals surface area contributed by atoms with Gasteiger partial charge in [0.25, 0.3) is 0 Å². The number of benzene rings is 1. The fourth-order valence-corrected chi connectivity index (χ4v) is 2.45. The highest BCUT2D eigenvalue weighted by Crippen LogP contribution is 2.18. The standard InChI is InChI=1S/C14H14BrN5/c1-16-12-9-20-6-5-17-14(20)13(19-12)18-8-10-3-2-4-11(15)7-10/h2-7,9,16H,8H2,1H3,(H,18,19). The maximum absolute atomic E-state index is 4.51. The van der Waals surface area contributed by atoms with Crippen molar-refractivity contribution in [1.82, 2.24) is 14.4 Å². The molecule has 0 fully saturated rings. The Hall–Kier alpha value is -2.08. The Morgan fingerprint density at radius 3 is 3.05 bits per heavy atom. The molecule has 0 bridgehead atoms. The maximum atomic E-state index is 4.51. The lowest BCUT2D eigenvalue weighted by Gasteiger charge is -2.09. The summed E-state index contributed by atoms with van der Waals surface area (Å²) in [5, 5.41) is 6.39. The highest BCUT2D eigenvalue weighted by atomic mass is 79.9. The van der Waals surface area contributed by atoms with Crippen LogP contribution in [0.15, 0.2) is 47.3 Å². The molecule has 0 aliphatic heterocycles. The van der Waals surface area contributed by atoms with Crippen LogP contribution in [-0.2, 0) is 6.54 Å². The van der Waals surface area contributed by atoms with Crippen LogP contribution in [0.2, 0.25) is 0 Å². The lowest BCUT2D eigenvalue weighted by Crippen LogP contribution is -2.06. The molecule has 3 aromatic rings. The third kappa shape index (κ3) is 2.60. The Morgan fingerprint density at radius 2 is 2.25 bits per heavy atom. The number of hydrogen-bond donors (Lipinski definition) is 2. The molecule has 0 aliphatic rings. The minimum atomic E-state index is 0.697. The number of rotatable bonds is 4. The van der Waals surface area contributed by atoms with Crippen LogP contribution in [0, 0.1) is 0 Å². The number of aromatic nitrogens is 3. The Labute approximate surface area is 125 Å². The molecule has 0 radical (unpaired) electrons. The molecule has 0 spiro atoms. The van der Waals surface area contributed by atoms with Crippen LogP contribution < -0.4 is 10.6 Å². The van der Waals surface area contributed by atoms with E-state index in [-0.39, 0.29) is 0 Å². The van der Waals surface area contributed by atoms with Gasteiger partial charge in [0, 0.05) is 30.5 Å². The third-order valence-electron chi connectivity index (χ3n) is 2.98. The van der Waals surface area contributed by atoms with E-state index in [2.05, 4.69) is 48.7 Å². The van der Waals surface area contributed by atoms with Gasteiger partial charge in [-0.15, -0.1) is 0 Å². The maximum Gasteiger partial charge on any atom is 0.180 e. The van der Waals surface area contributed by atoms with E-state index in [1.165, 1.54) is 5.56 Å². The van der Waals surface area contributed by atoms with Gasteiger partial charge in [-0.2, -0.15) is 0 Å². The van der Waals surface area contributed by atoms with Crippen molar-refractivity contribution in [2.45, 2.75) is 6.54 Å². The summed E-state index contributed by atoms with van der Waals surface area (Å²) in [6, 6.07) is 8.18. The highest BCUT2D eigenvalue weighted by Gasteiger charge is 2.06. The van der Waals surface area contributed by atoms with Crippen molar-refractivity contribution in [3.05, 3.63) is 52.9 Å². The van der Waals surface area contributed by atoms with Crippen molar-refractivity contribution in [2.75, 3.05) is 17.7 Å².